The molecule has 6 nitrogen and oxygen atoms in total. The van der Waals surface area contributed by atoms with Gasteiger partial charge in [-0.2, -0.15) is 0 Å². The van der Waals surface area contributed by atoms with Crippen LogP contribution >= 0.6 is 0 Å². The summed E-state index contributed by atoms with van der Waals surface area (Å²) in [6.07, 6.45) is 0.680. The van der Waals surface area contributed by atoms with Gasteiger partial charge in [0.05, 0.1) is 13.2 Å². The molecule has 0 bridgehead atoms. The number of amides is 1. The van der Waals surface area contributed by atoms with Gasteiger partial charge < -0.3 is 14.8 Å². The Morgan fingerprint density at radius 2 is 1.76 bits per heavy atom. The SMILES string of the molecule is CCOC(=O)C1(C(=O)OCC)CCCNC1=O. The Balaban J connectivity index is 3.02. The monoisotopic (exact) mass is 243 g/mol. The van der Waals surface area contributed by atoms with Crippen molar-refractivity contribution in [2.45, 2.75) is 26.7 Å². The molecule has 0 aromatic heterocycles. The summed E-state index contributed by atoms with van der Waals surface area (Å²) in [6, 6.07) is 0. The van der Waals surface area contributed by atoms with Gasteiger partial charge in [-0.3, -0.25) is 14.4 Å². The molecule has 1 saturated heterocycles. The number of carbonyl (C=O) groups is 3. The quantitative estimate of drug-likeness (QED) is 0.555. The third-order valence-electron chi connectivity index (χ3n) is 2.65. The third-order valence-corrected chi connectivity index (χ3v) is 2.65. The first kappa shape index (κ1) is 13.5. The lowest BCUT2D eigenvalue weighted by Crippen LogP contribution is -2.56. The van der Waals surface area contributed by atoms with E-state index >= 15 is 0 Å². The van der Waals surface area contributed by atoms with Crippen molar-refractivity contribution in [3.8, 4) is 0 Å². The number of esters is 2. The molecule has 0 atom stereocenters. The zero-order valence-electron chi connectivity index (χ0n) is 10.1. The molecule has 0 saturated carbocycles. The molecule has 0 aromatic carbocycles. The predicted molar refractivity (Wildman–Crippen MR) is 57.9 cm³/mol. The second-order valence-electron chi connectivity index (χ2n) is 3.71. The molecular formula is C11H17NO5. The fourth-order valence-corrected chi connectivity index (χ4v) is 1.80. The molecule has 1 fully saturated rings. The summed E-state index contributed by atoms with van der Waals surface area (Å²) < 4.78 is 9.64. The molecule has 1 aliphatic rings. The van der Waals surface area contributed by atoms with E-state index < -0.39 is 23.3 Å². The average Bonchev–Trinajstić information content (AvgIpc) is 2.30. The van der Waals surface area contributed by atoms with Crippen LogP contribution in [0.1, 0.15) is 26.7 Å². The highest BCUT2D eigenvalue weighted by molar-refractivity contribution is 6.19. The minimum absolute atomic E-state index is 0.118. The van der Waals surface area contributed by atoms with Crippen molar-refractivity contribution in [3.05, 3.63) is 0 Å². The number of nitrogens with one attached hydrogen (secondary N) is 1. The van der Waals surface area contributed by atoms with Crippen LogP contribution in [0.15, 0.2) is 0 Å². The maximum Gasteiger partial charge on any atom is 0.333 e. The van der Waals surface area contributed by atoms with E-state index in [-0.39, 0.29) is 19.6 Å². The molecule has 1 N–H and O–H groups in total. The van der Waals surface area contributed by atoms with Gasteiger partial charge in [0, 0.05) is 6.54 Å². The summed E-state index contributed by atoms with van der Waals surface area (Å²) in [6.45, 7) is 3.94. The summed E-state index contributed by atoms with van der Waals surface area (Å²) in [4.78, 5) is 35.6. The molecule has 1 amide bonds. The highest BCUT2D eigenvalue weighted by Crippen LogP contribution is 2.30. The van der Waals surface area contributed by atoms with E-state index in [0.29, 0.717) is 13.0 Å². The Labute approximate surface area is 99.6 Å². The zero-order chi connectivity index (χ0) is 12.9. The van der Waals surface area contributed by atoms with E-state index in [9.17, 15) is 14.4 Å². The van der Waals surface area contributed by atoms with E-state index in [1.807, 2.05) is 0 Å². The lowest BCUT2D eigenvalue weighted by atomic mass is 9.79. The van der Waals surface area contributed by atoms with Gasteiger partial charge in [0.25, 0.3) is 0 Å². The van der Waals surface area contributed by atoms with E-state index in [1.165, 1.54) is 0 Å². The lowest BCUT2D eigenvalue weighted by molar-refractivity contribution is -0.177. The molecular weight excluding hydrogens is 226 g/mol. The molecule has 17 heavy (non-hydrogen) atoms. The number of ether oxygens (including phenoxy) is 2. The van der Waals surface area contributed by atoms with Crippen LogP contribution in [0.5, 0.6) is 0 Å². The van der Waals surface area contributed by atoms with Gasteiger partial charge in [0.2, 0.25) is 11.3 Å². The second kappa shape index (κ2) is 5.65. The van der Waals surface area contributed by atoms with Crippen molar-refractivity contribution in [2.75, 3.05) is 19.8 Å². The van der Waals surface area contributed by atoms with Crippen LogP contribution in [0.3, 0.4) is 0 Å². The Hall–Kier alpha value is -1.59. The number of hydrogen-bond donors (Lipinski definition) is 1. The molecule has 0 aromatic rings. The van der Waals surface area contributed by atoms with Crippen LogP contribution in [-0.2, 0) is 23.9 Å². The minimum Gasteiger partial charge on any atom is -0.465 e. The molecule has 0 radical (unpaired) electrons. The van der Waals surface area contributed by atoms with Crippen LogP contribution in [0.25, 0.3) is 0 Å². The second-order valence-corrected chi connectivity index (χ2v) is 3.71. The van der Waals surface area contributed by atoms with Gasteiger partial charge in [-0.05, 0) is 26.7 Å². The van der Waals surface area contributed by atoms with Gasteiger partial charge in [-0.1, -0.05) is 0 Å². The van der Waals surface area contributed by atoms with E-state index in [2.05, 4.69) is 5.32 Å². The first-order chi connectivity index (χ1) is 8.09. The van der Waals surface area contributed by atoms with E-state index in [0.717, 1.165) is 0 Å². The van der Waals surface area contributed by atoms with Gasteiger partial charge in [-0.15, -0.1) is 0 Å². The van der Waals surface area contributed by atoms with Crippen LogP contribution in [-0.4, -0.2) is 37.6 Å². The van der Waals surface area contributed by atoms with Gasteiger partial charge in [0.1, 0.15) is 0 Å². The molecule has 0 aliphatic carbocycles. The normalized spacial score (nSPS) is 18.1. The average molecular weight is 243 g/mol. The summed E-state index contributed by atoms with van der Waals surface area (Å²) in [5, 5.41) is 2.51. The number of rotatable bonds is 4. The predicted octanol–water partition coefficient (Wildman–Crippen LogP) is 0.00900. The van der Waals surface area contributed by atoms with E-state index in [1.54, 1.807) is 13.8 Å². The van der Waals surface area contributed by atoms with Gasteiger partial charge in [-0.25, -0.2) is 0 Å². The van der Waals surface area contributed by atoms with Crippen molar-refractivity contribution in [1.29, 1.82) is 0 Å². The molecule has 1 aliphatic heterocycles. The first-order valence-electron chi connectivity index (χ1n) is 5.72. The summed E-state index contributed by atoms with van der Waals surface area (Å²) in [5.74, 6) is -2.27. The molecule has 0 spiro atoms. The summed E-state index contributed by atoms with van der Waals surface area (Å²) in [5.41, 5.74) is -1.82. The smallest absolute Gasteiger partial charge is 0.333 e. The zero-order valence-corrected chi connectivity index (χ0v) is 10.1. The standard InChI is InChI=1S/C11H17NO5/c1-3-16-9(14)11(10(15)17-4-2)6-5-7-12-8(11)13/h3-7H2,1-2H3,(H,12,13). The van der Waals surface area contributed by atoms with Crippen LogP contribution in [0, 0.1) is 5.41 Å². The van der Waals surface area contributed by atoms with Crippen LogP contribution in [0.4, 0.5) is 0 Å². The summed E-state index contributed by atoms with van der Waals surface area (Å²) in [7, 11) is 0. The van der Waals surface area contributed by atoms with Gasteiger partial charge in [0.15, 0.2) is 0 Å². The first-order valence-corrected chi connectivity index (χ1v) is 5.72. The largest absolute Gasteiger partial charge is 0.465 e. The maximum atomic E-state index is 11.9. The fraction of sp³-hybridized carbons (Fsp3) is 0.727. The lowest BCUT2D eigenvalue weighted by Gasteiger charge is -2.31. The van der Waals surface area contributed by atoms with Crippen molar-refractivity contribution in [1.82, 2.24) is 5.32 Å². The van der Waals surface area contributed by atoms with Crippen molar-refractivity contribution >= 4 is 17.8 Å². The number of carbonyl (C=O) groups excluding carboxylic acids is 3. The van der Waals surface area contributed by atoms with Crippen molar-refractivity contribution in [2.24, 2.45) is 5.41 Å². The minimum atomic E-state index is -1.82. The van der Waals surface area contributed by atoms with Crippen molar-refractivity contribution < 1.29 is 23.9 Å². The number of piperidine rings is 1. The Kier molecular flexibility index (Phi) is 4.48. The Bertz CT molecular complexity index is 308. The molecule has 1 heterocycles. The molecule has 6 heteroatoms. The van der Waals surface area contributed by atoms with Crippen molar-refractivity contribution in [3.63, 3.8) is 0 Å². The third kappa shape index (κ3) is 2.40. The number of hydrogen-bond acceptors (Lipinski definition) is 5. The highest BCUT2D eigenvalue weighted by Gasteiger charge is 2.56. The molecule has 96 valence electrons. The Morgan fingerprint density at radius 1 is 1.24 bits per heavy atom. The highest BCUT2D eigenvalue weighted by atomic mass is 16.6. The Morgan fingerprint density at radius 3 is 2.18 bits per heavy atom. The van der Waals surface area contributed by atoms with Gasteiger partial charge >= 0.3 is 11.9 Å². The topological polar surface area (TPSA) is 81.7 Å². The molecule has 1 rings (SSSR count). The van der Waals surface area contributed by atoms with E-state index in [4.69, 9.17) is 9.47 Å². The van der Waals surface area contributed by atoms with Crippen LogP contribution < -0.4 is 5.32 Å². The maximum absolute atomic E-state index is 11.9. The van der Waals surface area contributed by atoms with Crippen LogP contribution in [0.2, 0.25) is 0 Å². The molecule has 0 unspecified atom stereocenters. The summed E-state index contributed by atoms with van der Waals surface area (Å²) >= 11 is 0. The fourth-order valence-electron chi connectivity index (χ4n) is 1.80.